The minimum absolute atomic E-state index is 0.273. The van der Waals surface area contributed by atoms with Crippen LogP contribution in [0, 0.1) is 5.92 Å². The van der Waals surface area contributed by atoms with Crippen molar-refractivity contribution >= 4 is 5.97 Å². The molecule has 0 rings (SSSR count). The van der Waals surface area contributed by atoms with Gasteiger partial charge in [-0.1, -0.05) is 27.2 Å². The van der Waals surface area contributed by atoms with Crippen molar-refractivity contribution in [1.82, 2.24) is 0 Å². The molecule has 12 heavy (non-hydrogen) atoms. The minimum Gasteiger partial charge on any atom is -0.464 e. The van der Waals surface area contributed by atoms with E-state index in [1.165, 1.54) is 0 Å². The number of nitrogens with two attached hydrogens (primary N) is 1. The molecule has 0 unspecified atom stereocenters. The first-order valence-electron chi connectivity index (χ1n) is 4.50. The van der Waals surface area contributed by atoms with Crippen LogP contribution in [0.4, 0.5) is 0 Å². The molecule has 0 amide bonds. The Morgan fingerprint density at radius 2 is 2.08 bits per heavy atom. The van der Waals surface area contributed by atoms with E-state index in [9.17, 15) is 4.79 Å². The quantitative estimate of drug-likeness (QED) is 0.638. The van der Waals surface area contributed by atoms with Gasteiger partial charge in [0.2, 0.25) is 0 Å². The van der Waals surface area contributed by atoms with Crippen molar-refractivity contribution in [2.24, 2.45) is 11.7 Å². The maximum absolute atomic E-state index is 11.1. The van der Waals surface area contributed by atoms with Gasteiger partial charge in [-0.25, -0.2) is 0 Å². The average Bonchev–Trinajstić information content (AvgIpc) is 2.00. The summed E-state index contributed by atoms with van der Waals surface area (Å²) in [5.74, 6) is 0.105. The lowest BCUT2D eigenvalue weighted by Crippen LogP contribution is -2.32. The highest BCUT2D eigenvalue weighted by molar-refractivity contribution is 5.75. The molecule has 0 bridgehead atoms. The first-order chi connectivity index (χ1) is 5.57. The van der Waals surface area contributed by atoms with E-state index in [0.29, 0.717) is 18.9 Å². The Kier molecular flexibility index (Phi) is 5.72. The van der Waals surface area contributed by atoms with Gasteiger partial charge in [0.15, 0.2) is 0 Å². The van der Waals surface area contributed by atoms with E-state index >= 15 is 0 Å². The number of hydrogen-bond donors (Lipinski definition) is 1. The Labute approximate surface area is 74.3 Å². The number of rotatable bonds is 5. The van der Waals surface area contributed by atoms with Crippen LogP contribution in [0.5, 0.6) is 0 Å². The van der Waals surface area contributed by atoms with Crippen LogP contribution in [0.15, 0.2) is 0 Å². The zero-order chi connectivity index (χ0) is 9.56. The van der Waals surface area contributed by atoms with Crippen molar-refractivity contribution in [3.63, 3.8) is 0 Å². The van der Waals surface area contributed by atoms with Gasteiger partial charge < -0.3 is 10.5 Å². The van der Waals surface area contributed by atoms with Gasteiger partial charge in [-0.2, -0.15) is 0 Å². The van der Waals surface area contributed by atoms with Crippen molar-refractivity contribution in [2.75, 3.05) is 6.61 Å². The van der Waals surface area contributed by atoms with Gasteiger partial charge in [0.05, 0.1) is 6.61 Å². The lowest BCUT2D eigenvalue weighted by atomic mass is 10.2. The Bertz CT molecular complexity index is 134. The summed E-state index contributed by atoms with van der Waals surface area (Å²) < 4.78 is 4.95. The maximum Gasteiger partial charge on any atom is 0.322 e. The van der Waals surface area contributed by atoms with Crippen LogP contribution in [-0.2, 0) is 9.53 Å². The van der Waals surface area contributed by atoms with Crippen LogP contribution in [-0.4, -0.2) is 18.6 Å². The second kappa shape index (κ2) is 6.00. The van der Waals surface area contributed by atoms with Crippen molar-refractivity contribution in [1.29, 1.82) is 0 Å². The normalized spacial score (nSPS) is 13.1. The summed E-state index contributed by atoms with van der Waals surface area (Å²) in [5.41, 5.74) is 5.54. The number of esters is 1. The molecule has 2 N–H and O–H groups in total. The van der Waals surface area contributed by atoms with E-state index in [2.05, 4.69) is 0 Å². The Hall–Kier alpha value is -0.570. The van der Waals surface area contributed by atoms with E-state index in [-0.39, 0.29) is 5.97 Å². The first kappa shape index (κ1) is 11.4. The second-order valence-electron chi connectivity index (χ2n) is 3.42. The molecule has 0 saturated carbocycles. The molecular formula is C9H19NO2. The van der Waals surface area contributed by atoms with Crippen molar-refractivity contribution in [2.45, 2.75) is 39.7 Å². The van der Waals surface area contributed by atoms with Gasteiger partial charge >= 0.3 is 5.97 Å². The first-order valence-corrected chi connectivity index (χ1v) is 4.50. The molecule has 72 valence electrons. The molecule has 0 radical (unpaired) electrons. The van der Waals surface area contributed by atoms with E-state index in [4.69, 9.17) is 10.5 Å². The molecule has 0 saturated heterocycles. The highest BCUT2D eigenvalue weighted by Crippen LogP contribution is 1.98. The van der Waals surface area contributed by atoms with Crippen LogP contribution in [0.25, 0.3) is 0 Å². The van der Waals surface area contributed by atoms with Crippen LogP contribution >= 0.6 is 0 Å². The van der Waals surface area contributed by atoms with Crippen molar-refractivity contribution in [3.05, 3.63) is 0 Å². The fourth-order valence-corrected chi connectivity index (χ4v) is 0.785. The summed E-state index contributed by atoms with van der Waals surface area (Å²) in [6.45, 7) is 6.46. The topological polar surface area (TPSA) is 52.3 Å². The molecule has 0 fully saturated rings. The van der Waals surface area contributed by atoms with Gasteiger partial charge in [-0.05, 0) is 12.3 Å². The minimum atomic E-state index is -0.436. The molecule has 0 aromatic carbocycles. The van der Waals surface area contributed by atoms with Crippen molar-refractivity contribution in [3.8, 4) is 0 Å². The second-order valence-corrected chi connectivity index (χ2v) is 3.42. The molecule has 0 heterocycles. The molecule has 0 spiro atoms. The van der Waals surface area contributed by atoms with Crippen molar-refractivity contribution < 1.29 is 9.53 Å². The molecular weight excluding hydrogens is 154 g/mol. The fraction of sp³-hybridized carbons (Fsp3) is 0.889. The molecule has 0 aromatic heterocycles. The number of carbonyl (C=O) groups excluding carboxylic acids is 1. The lowest BCUT2D eigenvalue weighted by Gasteiger charge is -2.11. The molecule has 0 aliphatic rings. The Morgan fingerprint density at radius 3 is 2.50 bits per heavy atom. The highest BCUT2D eigenvalue weighted by Gasteiger charge is 2.13. The van der Waals surface area contributed by atoms with Crippen LogP contribution in [0.1, 0.15) is 33.6 Å². The highest BCUT2D eigenvalue weighted by atomic mass is 16.5. The maximum atomic E-state index is 11.1. The summed E-state index contributed by atoms with van der Waals surface area (Å²) in [6, 6.07) is -0.436. The zero-order valence-electron chi connectivity index (χ0n) is 8.17. The number of carbonyl (C=O) groups is 1. The third kappa shape index (κ3) is 5.13. The summed E-state index contributed by atoms with van der Waals surface area (Å²) in [7, 11) is 0. The summed E-state index contributed by atoms with van der Waals surface area (Å²) in [6.07, 6.45) is 1.62. The van der Waals surface area contributed by atoms with Gasteiger partial charge in [0.1, 0.15) is 6.04 Å². The largest absolute Gasteiger partial charge is 0.464 e. The third-order valence-electron chi connectivity index (χ3n) is 1.46. The fourth-order valence-electron chi connectivity index (χ4n) is 0.785. The smallest absolute Gasteiger partial charge is 0.322 e. The number of hydrogen-bond acceptors (Lipinski definition) is 3. The van der Waals surface area contributed by atoms with E-state index in [1.54, 1.807) is 0 Å². The zero-order valence-corrected chi connectivity index (χ0v) is 8.17. The standard InChI is InChI=1S/C9H19NO2/c1-4-5-8(10)9(11)12-6-7(2)3/h7-8H,4-6,10H2,1-3H3/t8-/m1/s1. The molecule has 0 aromatic rings. The van der Waals surface area contributed by atoms with Crippen LogP contribution < -0.4 is 5.73 Å². The molecule has 1 atom stereocenters. The van der Waals surface area contributed by atoms with E-state index in [0.717, 1.165) is 6.42 Å². The van der Waals surface area contributed by atoms with Gasteiger partial charge in [-0.3, -0.25) is 4.79 Å². The summed E-state index contributed by atoms with van der Waals surface area (Å²) in [5, 5.41) is 0. The summed E-state index contributed by atoms with van der Waals surface area (Å²) >= 11 is 0. The van der Waals surface area contributed by atoms with E-state index in [1.807, 2.05) is 20.8 Å². The average molecular weight is 173 g/mol. The summed E-state index contributed by atoms with van der Waals surface area (Å²) in [4.78, 5) is 11.1. The number of ether oxygens (including phenoxy) is 1. The van der Waals surface area contributed by atoms with E-state index < -0.39 is 6.04 Å². The van der Waals surface area contributed by atoms with Gasteiger partial charge in [-0.15, -0.1) is 0 Å². The molecule has 0 aliphatic heterocycles. The van der Waals surface area contributed by atoms with Crippen LogP contribution in [0.2, 0.25) is 0 Å². The van der Waals surface area contributed by atoms with Gasteiger partial charge in [0.25, 0.3) is 0 Å². The van der Waals surface area contributed by atoms with Gasteiger partial charge in [0, 0.05) is 0 Å². The predicted molar refractivity (Wildman–Crippen MR) is 48.7 cm³/mol. The SMILES string of the molecule is CCC[C@@H](N)C(=O)OCC(C)C. The Morgan fingerprint density at radius 1 is 1.50 bits per heavy atom. The lowest BCUT2D eigenvalue weighted by molar-refractivity contribution is -0.146. The van der Waals surface area contributed by atoms with Crippen LogP contribution in [0.3, 0.4) is 0 Å². The monoisotopic (exact) mass is 173 g/mol. The molecule has 3 heteroatoms. The third-order valence-corrected chi connectivity index (χ3v) is 1.46. The predicted octanol–water partition coefficient (Wildman–Crippen LogP) is 1.31. The molecule has 0 aliphatic carbocycles. The molecule has 3 nitrogen and oxygen atoms in total. The Balaban J connectivity index is 3.57.